The molecule has 3 rings (SSSR count). The molecule has 3 aromatic rings. The van der Waals surface area contributed by atoms with Crippen LogP contribution in [0.4, 0.5) is 0 Å². The Labute approximate surface area is 139 Å². The van der Waals surface area contributed by atoms with Gasteiger partial charge in [-0.05, 0) is 43.3 Å². The van der Waals surface area contributed by atoms with Crippen molar-refractivity contribution in [1.29, 1.82) is 0 Å². The molecule has 0 bridgehead atoms. The van der Waals surface area contributed by atoms with E-state index in [9.17, 15) is 0 Å². The first-order valence-corrected chi connectivity index (χ1v) is 8.37. The first-order chi connectivity index (χ1) is 9.75. The fraction of sp³-hybridized carbons (Fsp3) is 0. The van der Waals surface area contributed by atoms with Crippen LogP contribution in [0.2, 0.25) is 0 Å². The summed E-state index contributed by atoms with van der Waals surface area (Å²) in [6, 6.07) is 12.6. The van der Waals surface area contributed by atoms with Crippen LogP contribution < -0.4 is 23.0 Å². The fourth-order valence-corrected chi connectivity index (χ4v) is 2.62. The van der Waals surface area contributed by atoms with E-state index in [-0.39, 0.29) is 0 Å². The maximum Gasteiger partial charge on any atom is 0.226 e. The van der Waals surface area contributed by atoms with Crippen LogP contribution in [-0.2, 0) is 0 Å². The second kappa shape index (κ2) is 6.53. The minimum atomic E-state index is -4.94. The SMILES string of the molecule is Brc1cc[n+]2cc3ccccc3cc2c1Br.[O-][Cl+3]([O-])([O-])[O-]. The Hall–Kier alpha value is -0.800. The van der Waals surface area contributed by atoms with Crippen LogP contribution in [0.3, 0.4) is 0 Å². The number of hydrogen-bond donors (Lipinski definition) is 0. The van der Waals surface area contributed by atoms with Crippen molar-refractivity contribution in [2.75, 3.05) is 0 Å². The van der Waals surface area contributed by atoms with Crippen molar-refractivity contribution in [3.63, 3.8) is 0 Å². The molecule has 2 heterocycles. The Bertz CT molecular complexity index is 786. The smallest absolute Gasteiger partial charge is 0.222 e. The van der Waals surface area contributed by atoms with Crippen LogP contribution in [0.5, 0.6) is 0 Å². The summed E-state index contributed by atoms with van der Waals surface area (Å²) in [6.07, 6.45) is 4.19. The van der Waals surface area contributed by atoms with Gasteiger partial charge in [-0.1, -0.05) is 18.2 Å². The van der Waals surface area contributed by atoms with Crippen molar-refractivity contribution in [2.24, 2.45) is 0 Å². The largest absolute Gasteiger partial charge is 0.226 e. The molecular weight excluding hydrogens is 429 g/mol. The van der Waals surface area contributed by atoms with Crippen LogP contribution in [0.1, 0.15) is 0 Å². The molecule has 1 aromatic carbocycles. The number of fused-ring (bicyclic) bond motifs is 2. The predicted molar refractivity (Wildman–Crippen MR) is 72.5 cm³/mol. The van der Waals surface area contributed by atoms with Gasteiger partial charge in [0.25, 0.3) is 0 Å². The molecule has 0 saturated heterocycles. The molecule has 0 unspecified atom stereocenters. The van der Waals surface area contributed by atoms with Gasteiger partial charge in [0, 0.05) is 22.0 Å². The third-order valence-corrected chi connectivity index (χ3v) is 4.69. The van der Waals surface area contributed by atoms with Gasteiger partial charge in [-0.25, -0.2) is 18.6 Å². The van der Waals surface area contributed by atoms with E-state index in [0.29, 0.717) is 0 Å². The van der Waals surface area contributed by atoms with Gasteiger partial charge in [0.1, 0.15) is 4.47 Å². The molecule has 8 heteroatoms. The Morgan fingerprint density at radius 1 is 0.905 bits per heavy atom. The summed E-state index contributed by atoms with van der Waals surface area (Å²) in [5.41, 5.74) is 1.16. The number of aromatic nitrogens is 1. The van der Waals surface area contributed by atoms with Crippen molar-refractivity contribution < 1.29 is 33.3 Å². The molecule has 0 aliphatic rings. The predicted octanol–water partition coefficient (Wildman–Crippen LogP) is -0.653. The Morgan fingerprint density at radius 3 is 2.10 bits per heavy atom. The van der Waals surface area contributed by atoms with Crippen LogP contribution in [0.15, 0.2) is 57.7 Å². The van der Waals surface area contributed by atoms with Gasteiger partial charge in [-0.3, -0.25) is 0 Å². The zero-order chi connectivity index (χ0) is 15.6. The highest BCUT2D eigenvalue weighted by atomic mass is 79.9. The molecule has 0 fully saturated rings. The summed E-state index contributed by atoms with van der Waals surface area (Å²) in [4.78, 5) is 0. The van der Waals surface area contributed by atoms with Crippen molar-refractivity contribution in [3.8, 4) is 0 Å². The van der Waals surface area contributed by atoms with E-state index in [2.05, 4.69) is 79.0 Å². The number of nitrogens with zero attached hydrogens (tertiary/aromatic N) is 1. The molecule has 0 aliphatic heterocycles. The minimum absolute atomic E-state index is 1.07. The van der Waals surface area contributed by atoms with E-state index in [1.807, 2.05) is 6.07 Å². The van der Waals surface area contributed by atoms with Crippen molar-refractivity contribution >= 4 is 48.1 Å². The van der Waals surface area contributed by atoms with Crippen LogP contribution >= 0.6 is 31.9 Å². The highest BCUT2D eigenvalue weighted by Gasteiger charge is 2.11. The van der Waals surface area contributed by atoms with Gasteiger partial charge in [0.15, 0.2) is 12.4 Å². The summed E-state index contributed by atoms with van der Waals surface area (Å²) >= 11 is 7.12. The van der Waals surface area contributed by atoms with Crippen molar-refractivity contribution in [1.82, 2.24) is 0 Å². The molecular formula is C13H8Br2ClNO4. The average molecular weight is 437 g/mol. The summed E-state index contributed by atoms with van der Waals surface area (Å²) in [7, 11) is -4.94. The van der Waals surface area contributed by atoms with E-state index >= 15 is 0 Å². The van der Waals surface area contributed by atoms with E-state index in [4.69, 9.17) is 18.6 Å². The summed E-state index contributed by atoms with van der Waals surface area (Å²) < 4.78 is 38.3. The standard InChI is InChI=1S/C13H8Br2N.ClHO4/c14-11-5-6-16-8-10-4-2-1-3-9(10)7-12(16)13(11)15;2-1(3,4)5/h1-8H;(H,2,3,4,5)/q+1;/p-1. The second-order valence-electron chi connectivity index (χ2n) is 4.05. The molecule has 21 heavy (non-hydrogen) atoms. The molecule has 110 valence electrons. The minimum Gasteiger partial charge on any atom is -0.222 e. The number of hydrogen-bond acceptors (Lipinski definition) is 4. The molecule has 0 radical (unpaired) electrons. The fourth-order valence-electron chi connectivity index (χ4n) is 1.84. The zero-order valence-corrected chi connectivity index (χ0v) is 14.3. The lowest BCUT2D eigenvalue weighted by Gasteiger charge is -2.17. The molecule has 2 aromatic heterocycles. The van der Waals surface area contributed by atoms with E-state index < -0.39 is 10.2 Å². The molecule has 0 amide bonds. The van der Waals surface area contributed by atoms with E-state index in [1.54, 1.807) is 0 Å². The first kappa shape index (κ1) is 16.6. The third-order valence-electron chi connectivity index (χ3n) is 2.66. The Balaban J connectivity index is 0.000000282. The summed E-state index contributed by atoms with van der Waals surface area (Å²) in [5.74, 6) is 0. The molecule has 5 nitrogen and oxygen atoms in total. The lowest BCUT2D eigenvalue weighted by molar-refractivity contribution is -2.00. The number of halogens is 3. The maximum atomic E-state index is 8.49. The third kappa shape index (κ3) is 4.58. The number of pyridine rings is 2. The van der Waals surface area contributed by atoms with Crippen molar-refractivity contribution in [3.05, 3.63) is 57.7 Å². The highest BCUT2D eigenvalue weighted by Crippen LogP contribution is 2.26. The van der Waals surface area contributed by atoms with Gasteiger partial charge in [-0.15, -0.1) is 10.2 Å². The number of benzene rings is 1. The normalized spacial score (nSPS) is 11.3. The van der Waals surface area contributed by atoms with Gasteiger partial charge in [-0.2, -0.15) is 4.40 Å². The molecule has 0 saturated carbocycles. The van der Waals surface area contributed by atoms with Gasteiger partial charge < -0.3 is 0 Å². The number of rotatable bonds is 0. The molecule has 0 spiro atoms. The summed E-state index contributed by atoms with van der Waals surface area (Å²) in [5, 5.41) is 2.50. The quantitative estimate of drug-likeness (QED) is 0.345. The van der Waals surface area contributed by atoms with Crippen LogP contribution in [0.25, 0.3) is 16.3 Å². The Kier molecular flexibility index (Phi) is 5.15. The monoisotopic (exact) mass is 435 g/mol. The van der Waals surface area contributed by atoms with Crippen LogP contribution in [0, 0.1) is 10.2 Å². The van der Waals surface area contributed by atoms with E-state index in [0.717, 1.165) is 14.5 Å². The molecule has 0 aliphatic carbocycles. The summed E-state index contributed by atoms with van der Waals surface area (Å²) in [6.45, 7) is 0. The van der Waals surface area contributed by atoms with Gasteiger partial charge in [0.05, 0.1) is 0 Å². The van der Waals surface area contributed by atoms with Crippen molar-refractivity contribution in [2.45, 2.75) is 0 Å². The Morgan fingerprint density at radius 2 is 1.48 bits per heavy atom. The van der Waals surface area contributed by atoms with E-state index in [1.165, 1.54) is 10.8 Å². The maximum absolute atomic E-state index is 8.49. The first-order valence-electron chi connectivity index (χ1n) is 5.55. The van der Waals surface area contributed by atoms with Gasteiger partial charge >= 0.3 is 0 Å². The average Bonchev–Trinajstić information content (AvgIpc) is 2.40. The molecule has 0 N–H and O–H groups in total. The second-order valence-corrected chi connectivity index (χ2v) is 6.45. The van der Waals surface area contributed by atoms with Gasteiger partial charge in [0.2, 0.25) is 5.52 Å². The zero-order valence-electron chi connectivity index (χ0n) is 10.3. The highest BCUT2D eigenvalue weighted by molar-refractivity contribution is 9.13. The lowest BCUT2D eigenvalue weighted by Crippen LogP contribution is -2.68. The van der Waals surface area contributed by atoms with Crippen LogP contribution in [-0.4, -0.2) is 0 Å². The topological polar surface area (TPSA) is 96.3 Å². The molecule has 0 atom stereocenters. The lowest BCUT2D eigenvalue weighted by atomic mass is 10.1.